The van der Waals surface area contributed by atoms with Crippen molar-refractivity contribution in [3.63, 3.8) is 0 Å². The zero-order valence-corrected chi connectivity index (χ0v) is 18.7. The van der Waals surface area contributed by atoms with Gasteiger partial charge in [0.25, 0.3) is 5.56 Å². The van der Waals surface area contributed by atoms with Gasteiger partial charge in [-0.1, -0.05) is 62.7 Å². The summed E-state index contributed by atoms with van der Waals surface area (Å²) in [6.45, 7) is 7.21. The minimum Gasteiger partial charge on any atom is -0.491 e. The quantitative estimate of drug-likeness (QED) is 0.383. The molecule has 3 aromatic carbocycles. The van der Waals surface area contributed by atoms with Gasteiger partial charge in [0.2, 0.25) is 0 Å². The number of aromatic nitrogens is 2. The van der Waals surface area contributed by atoms with Crippen LogP contribution in [0.15, 0.2) is 77.6 Å². The van der Waals surface area contributed by atoms with E-state index in [1.807, 2.05) is 54.6 Å². The van der Waals surface area contributed by atoms with Crippen molar-refractivity contribution >= 4 is 22.5 Å². The number of nitrogens with zero attached hydrogens (tertiary/aromatic N) is 2. The summed E-state index contributed by atoms with van der Waals surface area (Å²) in [5.41, 5.74) is 2.53. The molecule has 0 saturated carbocycles. The highest BCUT2D eigenvalue weighted by atomic mass is 35.5. The summed E-state index contributed by atoms with van der Waals surface area (Å²) < 4.78 is 7.82. The fourth-order valence-corrected chi connectivity index (χ4v) is 3.78. The molecule has 0 aliphatic heterocycles. The van der Waals surface area contributed by atoms with Gasteiger partial charge < -0.3 is 4.74 Å². The van der Waals surface area contributed by atoms with Crippen LogP contribution >= 0.6 is 11.6 Å². The lowest BCUT2D eigenvalue weighted by Gasteiger charge is -2.23. The molecule has 4 nitrogen and oxygen atoms in total. The summed E-state index contributed by atoms with van der Waals surface area (Å²) >= 11 is 6.06. The van der Waals surface area contributed by atoms with Crippen molar-refractivity contribution in [2.75, 3.05) is 6.61 Å². The number of hydrogen-bond donors (Lipinski definition) is 0. The second-order valence-electron chi connectivity index (χ2n) is 8.51. The predicted octanol–water partition coefficient (Wildman–Crippen LogP) is 6.09. The van der Waals surface area contributed by atoms with E-state index in [4.69, 9.17) is 21.3 Å². The normalized spacial score (nSPS) is 11.6. The first-order valence-corrected chi connectivity index (χ1v) is 10.7. The molecule has 4 rings (SSSR count). The van der Waals surface area contributed by atoms with Gasteiger partial charge in [0, 0.05) is 10.6 Å². The standard InChI is InChI=1S/C26H25ClN2O2/c1-26(2,3)21-9-5-7-11-23(21)31-17-16-29-24(18-12-14-19(27)15-13-18)28-22-10-6-4-8-20(22)25(29)30/h4-15H,16-17H2,1-3H3. The smallest absolute Gasteiger partial charge is 0.261 e. The average molecular weight is 433 g/mol. The molecule has 0 radical (unpaired) electrons. The molecule has 1 aromatic heterocycles. The molecule has 4 aromatic rings. The summed E-state index contributed by atoms with van der Waals surface area (Å²) in [6.07, 6.45) is 0. The number of fused-ring (bicyclic) bond motifs is 1. The van der Waals surface area contributed by atoms with Gasteiger partial charge in [0.05, 0.1) is 17.4 Å². The Kier molecular flexibility index (Phi) is 5.84. The Hall–Kier alpha value is -3.11. The topological polar surface area (TPSA) is 44.1 Å². The third kappa shape index (κ3) is 4.49. The maximum atomic E-state index is 13.3. The lowest BCUT2D eigenvalue weighted by molar-refractivity contribution is 0.289. The van der Waals surface area contributed by atoms with E-state index in [9.17, 15) is 4.79 Å². The highest BCUT2D eigenvalue weighted by Gasteiger charge is 2.19. The van der Waals surface area contributed by atoms with Crippen molar-refractivity contribution in [2.24, 2.45) is 0 Å². The molecule has 0 saturated heterocycles. The van der Waals surface area contributed by atoms with Crippen molar-refractivity contribution in [1.82, 2.24) is 9.55 Å². The Morgan fingerprint density at radius 3 is 2.35 bits per heavy atom. The largest absolute Gasteiger partial charge is 0.491 e. The molecule has 1 heterocycles. The van der Waals surface area contributed by atoms with Gasteiger partial charge in [-0.2, -0.15) is 0 Å². The van der Waals surface area contributed by atoms with Crippen LogP contribution < -0.4 is 10.3 Å². The minimum absolute atomic E-state index is 0.0353. The van der Waals surface area contributed by atoms with Crippen LogP contribution in [0.2, 0.25) is 5.02 Å². The summed E-state index contributed by atoms with van der Waals surface area (Å²) in [5.74, 6) is 1.44. The van der Waals surface area contributed by atoms with E-state index in [2.05, 4.69) is 26.8 Å². The molecule has 0 aliphatic rings. The van der Waals surface area contributed by atoms with Crippen LogP contribution in [0.1, 0.15) is 26.3 Å². The van der Waals surface area contributed by atoms with Gasteiger partial charge in [-0.3, -0.25) is 9.36 Å². The fraction of sp³-hybridized carbons (Fsp3) is 0.231. The highest BCUT2D eigenvalue weighted by Crippen LogP contribution is 2.31. The molecule has 0 aliphatic carbocycles. The molecule has 0 unspecified atom stereocenters. The first kappa shape index (κ1) is 21.1. The zero-order valence-electron chi connectivity index (χ0n) is 17.9. The van der Waals surface area contributed by atoms with Crippen LogP contribution in [0.25, 0.3) is 22.3 Å². The number of halogens is 1. The summed E-state index contributed by atoms with van der Waals surface area (Å²) in [6, 6.07) is 22.8. The molecule has 0 spiro atoms. The van der Waals surface area contributed by atoms with E-state index >= 15 is 0 Å². The predicted molar refractivity (Wildman–Crippen MR) is 127 cm³/mol. The van der Waals surface area contributed by atoms with Gasteiger partial charge in [0.1, 0.15) is 18.2 Å². The Morgan fingerprint density at radius 2 is 1.61 bits per heavy atom. The van der Waals surface area contributed by atoms with Crippen LogP contribution in [0.5, 0.6) is 5.75 Å². The first-order chi connectivity index (χ1) is 14.8. The van der Waals surface area contributed by atoms with Crippen molar-refractivity contribution in [2.45, 2.75) is 32.7 Å². The van der Waals surface area contributed by atoms with Crippen molar-refractivity contribution in [3.05, 3.63) is 93.7 Å². The van der Waals surface area contributed by atoms with E-state index in [-0.39, 0.29) is 11.0 Å². The molecule has 0 amide bonds. The fourth-order valence-electron chi connectivity index (χ4n) is 3.65. The van der Waals surface area contributed by atoms with E-state index in [0.29, 0.717) is 34.9 Å². The number of rotatable bonds is 5. The number of para-hydroxylation sites is 2. The van der Waals surface area contributed by atoms with Crippen molar-refractivity contribution < 1.29 is 4.74 Å². The van der Waals surface area contributed by atoms with Gasteiger partial charge in [-0.05, 0) is 53.4 Å². The highest BCUT2D eigenvalue weighted by molar-refractivity contribution is 6.30. The molecule has 5 heteroatoms. The minimum atomic E-state index is -0.0803. The number of ether oxygens (including phenoxy) is 1. The van der Waals surface area contributed by atoms with Crippen LogP contribution in [0, 0.1) is 0 Å². The van der Waals surface area contributed by atoms with Crippen LogP contribution in [0.3, 0.4) is 0 Å². The molecular formula is C26H25ClN2O2. The van der Waals surface area contributed by atoms with Crippen LogP contribution in [-0.2, 0) is 12.0 Å². The molecule has 0 N–H and O–H groups in total. The Balaban J connectivity index is 1.70. The van der Waals surface area contributed by atoms with E-state index in [1.165, 1.54) is 0 Å². The first-order valence-electron chi connectivity index (χ1n) is 10.3. The van der Waals surface area contributed by atoms with Crippen molar-refractivity contribution in [1.29, 1.82) is 0 Å². The molecule has 0 atom stereocenters. The zero-order chi connectivity index (χ0) is 22.0. The molecule has 31 heavy (non-hydrogen) atoms. The van der Waals surface area contributed by atoms with E-state index < -0.39 is 0 Å². The van der Waals surface area contributed by atoms with E-state index in [1.54, 1.807) is 16.7 Å². The van der Waals surface area contributed by atoms with Crippen LogP contribution in [0.4, 0.5) is 0 Å². The Labute approximate surface area is 187 Å². The molecule has 0 fully saturated rings. The third-order valence-corrected chi connectivity index (χ3v) is 5.48. The third-order valence-electron chi connectivity index (χ3n) is 5.23. The summed E-state index contributed by atoms with van der Waals surface area (Å²) in [5, 5.41) is 1.23. The average Bonchev–Trinajstić information content (AvgIpc) is 2.75. The maximum absolute atomic E-state index is 13.3. The van der Waals surface area contributed by atoms with Gasteiger partial charge in [0.15, 0.2) is 0 Å². The Morgan fingerprint density at radius 1 is 0.935 bits per heavy atom. The van der Waals surface area contributed by atoms with E-state index in [0.717, 1.165) is 16.9 Å². The van der Waals surface area contributed by atoms with Gasteiger partial charge in [-0.25, -0.2) is 4.98 Å². The Bertz CT molecular complexity index is 1270. The second kappa shape index (κ2) is 8.56. The van der Waals surface area contributed by atoms with Gasteiger partial charge >= 0.3 is 0 Å². The molecule has 0 bridgehead atoms. The maximum Gasteiger partial charge on any atom is 0.261 e. The monoisotopic (exact) mass is 432 g/mol. The second-order valence-corrected chi connectivity index (χ2v) is 8.95. The van der Waals surface area contributed by atoms with Crippen molar-refractivity contribution in [3.8, 4) is 17.1 Å². The molecular weight excluding hydrogens is 408 g/mol. The number of hydrogen-bond acceptors (Lipinski definition) is 3. The number of benzene rings is 3. The summed E-state index contributed by atoms with van der Waals surface area (Å²) in [4.78, 5) is 18.1. The SMILES string of the molecule is CC(C)(C)c1ccccc1OCCn1c(-c2ccc(Cl)cc2)nc2ccccc2c1=O. The summed E-state index contributed by atoms with van der Waals surface area (Å²) in [7, 11) is 0. The lowest BCUT2D eigenvalue weighted by Crippen LogP contribution is -2.26. The van der Waals surface area contributed by atoms with Gasteiger partial charge in [-0.15, -0.1) is 0 Å². The van der Waals surface area contributed by atoms with Crippen LogP contribution in [-0.4, -0.2) is 16.2 Å². The lowest BCUT2D eigenvalue weighted by atomic mass is 9.86. The molecule has 158 valence electrons.